The Morgan fingerprint density at radius 2 is 0.789 bits per heavy atom. The molecule has 0 aliphatic carbocycles. The van der Waals surface area contributed by atoms with Gasteiger partial charge in [-0.2, -0.15) is 0 Å². The molecule has 0 saturated carbocycles. The van der Waals surface area contributed by atoms with Gasteiger partial charge in [0.2, 0.25) is 0 Å². The molecule has 0 amide bonds. The van der Waals surface area contributed by atoms with Crippen molar-refractivity contribution in [2.45, 2.75) is 79.1 Å². The van der Waals surface area contributed by atoms with E-state index in [1.54, 1.807) is 0 Å². The number of hydrogen-bond donors (Lipinski definition) is 2. The van der Waals surface area contributed by atoms with Crippen LogP contribution in [0.5, 0.6) is 0 Å². The molecule has 0 unspecified atom stereocenters. The summed E-state index contributed by atoms with van der Waals surface area (Å²) in [5.74, 6) is 0. The molecule has 206 valence electrons. The Labute approximate surface area is 232 Å². The first-order valence-corrected chi connectivity index (χ1v) is 15.0. The fourth-order valence-corrected chi connectivity index (χ4v) is 4.66. The van der Waals surface area contributed by atoms with Gasteiger partial charge in [-0.05, 0) is 92.4 Å². The minimum absolute atomic E-state index is 1.08. The maximum absolute atomic E-state index is 3.58. The van der Waals surface area contributed by atoms with Crippen LogP contribution in [0.1, 0.15) is 79.1 Å². The summed E-state index contributed by atoms with van der Waals surface area (Å²) in [5, 5.41) is 7.16. The largest absolute Gasteiger partial charge is 0.372 e. The fraction of sp³-hybridized carbons (Fsp3) is 0.471. The highest BCUT2D eigenvalue weighted by molar-refractivity contribution is 5.70. The number of anilines is 6. The van der Waals surface area contributed by atoms with Crippen molar-refractivity contribution in [2.75, 3.05) is 46.6 Å². The Hall–Kier alpha value is -3.14. The van der Waals surface area contributed by atoms with Crippen molar-refractivity contribution in [1.29, 1.82) is 0 Å². The molecule has 0 aromatic heterocycles. The second-order valence-corrected chi connectivity index (χ2v) is 10.3. The van der Waals surface area contributed by atoms with E-state index in [4.69, 9.17) is 0 Å². The molecular weight excluding hydrogens is 464 g/mol. The first kappa shape index (κ1) is 29.4. The van der Waals surface area contributed by atoms with Crippen molar-refractivity contribution in [3.05, 3.63) is 72.8 Å². The zero-order chi connectivity index (χ0) is 27.0. The molecule has 4 heteroatoms. The monoisotopic (exact) mass is 514 g/mol. The van der Waals surface area contributed by atoms with Gasteiger partial charge in [-0.3, -0.25) is 0 Å². The Balaban J connectivity index is 1.62. The number of unbranched alkanes of at least 4 members (excludes halogenated alkanes) is 4. The third-order valence-corrected chi connectivity index (χ3v) is 7.03. The maximum atomic E-state index is 3.58. The number of rotatable bonds is 18. The van der Waals surface area contributed by atoms with Crippen molar-refractivity contribution in [1.82, 2.24) is 0 Å². The molecule has 38 heavy (non-hydrogen) atoms. The highest BCUT2D eigenvalue weighted by Gasteiger charge is 2.08. The zero-order valence-corrected chi connectivity index (χ0v) is 24.3. The quantitative estimate of drug-likeness (QED) is 0.177. The summed E-state index contributed by atoms with van der Waals surface area (Å²) < 4.78 is 0. The second kappa shape index (κ2) is 16.7. The Bertz CT molecular complexity index is 932. The number of benzene rings is 3. The lowest BCUT2D eigenvalue weighted by Gasteiger charge is -2.25. The topological polar surface area (TPSA) is 30.5 Å². The van der Waals surface area contributed by atoms with E-state index in [0.717, 1.165) is 48.9 Å². The summed E-state index contributed by atoms with van der Waals surface area (Å²) in [7, 11) is 0. The van der Waals surface area contributed by atoms with Gasteiger partial charge in [-0.25, -0.2) is 0 Å². The lowest BCUT2D eigenvalue weighted by Crippen LogP contribution is -2.25. The molecule has 0 saturated heterocycles. The molecule has 4 nitrogen and oxygen atoms in total. The van der Waals surface area contributed by atoms with E-state index < -0.39 is 0 Å². The minimum Gasteiger partial charge on any atom is -0.372 e. The van der Waals surface area contributed by atoms with Gasteiger partial charge in [-0.1, -0.05) is 59.4 Å². The zero-order valence-electron chi connectivity index (χ0n) is 24.3. The molecule has 0 aliphatic rings. The van der Waals surface area contributed by atoms with Crippen molar-refractivity contribution < 1.29 is 0 Å². The first-order valence-electron chi connectivity index (χ1n) is 15.0. The lowest BCUT2D eigenvalue weighted by molar-refractivity contribution is 0.678. The first-order chi connectivity index (χ1) is 18.7. The van der Waals surface area contributed by atoms with Gasteiger partial charge in [0.25, 0.3) is 0 Å². The van der Waals surface area contributed by atoms with Gasteiger partial charge in [-0.15, -0.1) is 0 Å². The van der Waals surface area contributed by atoms with Gasteiger partial charge in [0.05, 0.1) is 0 Å². The Kier molecular flexibility index (Phi) is 12.9. The van der Waals surface area contributed by atoms with E-state index in [9.17, 15) is 0 Å². The van der Waals surface area contributed by atoms with Crippen LogP contribution in [0.15, 0.2) is 72.8 Å². The van der Waals surface area contributed by atoms with E-state index >= 15 is 0 Å². The third kappa shape index (κ3) is 9.63. The number of nitrogens with zero attached hydrogens (tertiary/aromatic N) is 2. The van der Waals surface area contributed by atoms with Gasteiger partial charge < -0.3 is 20.4 Å². The van der Waals surface area contributed by atoms with Crippen LogP contribution in [0.2, 0.25) is 0 Å². The normalized spacial score (nSPS) is 10.8. The van der Waals surface area contributed by atoms with Crippen LogP contribution in [0.25, 0.3) is 0 Å². The molecule has 0 radical (unpaired) electrons. The van der Waals surface area contributed by atoms with E-state index in [0.29, 0.717) is 0 Å². The third-order valence-electron chi connectivity index (χ3n) is 7.03. The smallest absolute Gasteiger partial charge is 0.0405 e. The average molecular weight is 515 g/mol. The minimum atomic E-state index is 1.08. The number of hydrogen-bond acceptors (Lipinski definition) is 4. The van der Waals surface area contributed by atoms with Gasteiger partial charge in [0.15, 0.2) is 0 Å². The van der Waals surface area contributed by atoms with Crippen LogP contribution in [0, 0.1) is 0 Å². The fourth-order valence-electron chi connectivity index (χ4n) is 4.66. The standard InChI is InChI=1S/C34H50N4/c1-5-9-24-37(25-10-6-2)33-20-16-29(17-21-33)35-31-14-13-15-32(28-31)36-30-18-22-34(23-19-30)38(26-11-7-3)27-12-8-4/h13-23,28,35-36H,5-12,24-27H2,1-4H3. The Morgan fingerprint density at radius 1 is 0.447 bits per heavy atom. The molecule has 0 heterocycles. The summed E-state index contributed by atoms with van der Waals surface area (Å²) in [5.41, 5.74) is 7.02. The molecular formula is C34H50N4. The summed E-state index contributed by atoms with van der Waals surface area (Å²) in [4.78, 5) is 5.05. The molecule has 0 aliphatic heterocycles. The summed E-state index contributed by atoms with van der Waals surface area (Å²) in [6.45, 7) is 13.6. The molecule has 3 rings (SSSR count). The summed E-state index contributed by atoms with van der Waals surface area (Å²) in [6.07, 6.45) is 9.87. The molecule has 2 N–H and O–H groups in total. The van der Waals surface area contributed by atoms with E-state index in [1.807, 2.05) is 0 Å². The van der Waals surface area contributed by atoms with Crippen molar-refractivity contribution >= 4 is 34.1 Å². The van der Waals surface area contributed by atoms with Crippen molar-refractivity contribution in [3.8, 4) is 0 Å². The maximum Gasteiger partial charge on any atom is 0.0405 e. The Morgan fingerprint density at radius 3 is 1.11 bits per heavy atom. The molecule has 0 bridgehead atoms. The van der Waals surface area contributed by atoms with Crippen LogP contribution in [0.4, 0.5) is 34.1 Å². The van der Waals surface area contributed by atoms with Crippen LogP contribution < -0.4 is 20.4 Å². The van der Waals surface area contributed by atoms with Crippen LogP contribution in [0.3, 0.4) is 0 Å². The van der Waals surface area contributed by atoms with Gasteiger partial charge >= 0.3 is 0 Å². The van der Waals surface area contributed by atoms with Crippen molar-refractivity contribution in [3.63, 3.8) is 0 Å². The van der Waals surface area contributed by atoms with Gasteiger partial charge in [0, 0.05) is 60.3 Å². The molecule has 0 fully saturated rings. The molecule has 3 aromatic carbocycles. The molecule has 3 aromatic rings. The van der Waals surface area contributed by atoms with Crippen LogP contribution in [-0.2, 0) is 0 Å². The van der Waals surface area contributed by atoms with E-state index in [2.05, 4.69) is 121 Å². The van der Waals surface area contributed by atoms with Crippen molar-refractivity contribution in [2.24, 2.45) is 0 Å². The van der Waals surface area contributed by atoms with Crippen LogP contribution in [-0.4, -0.2) is 26.2 Å². The molecule has 0 atom stereocenters. The highest BCUT2D eigenvalue weighted by Crippen LogP contribution is 2.26. The summed E-state index contributed by atoms with van der Waals surface area (Å²) in [6, 6.07) is 26.3. The number of nitrogens with one attached hydrogen (secondary N) is 2. The van der Waals surface area contributed by atoms with E-state index in [-0.39, 0.29) is 0 Å². The SMILES string of the molecule is CCCCN(CCCC)c1ccc(Nc2cccc(Nc3ccc(N(CCCC)CCCC)cc3)c2)cc1. The lowest BCUT2D eigenvalue weighted by atomic mass is 10.2. The predicted molar refractivity (Wildman–Crippen MR) is 170 cm³/mol. The van der Waals surface area contributed by atoms with Gasteiger partial charge in [0.1, 0.15) is 0 Å². The average Bonchev–Trinajstić information content (AvgIpc) is 2.95. The predicted octanol–water partition coefficient (Wildman–Crippen LogP) is 9.99. The summed E-state index contributed by atoms with van der Waals surface area (Å²) >= 11 is 0. The van der Waals surface area contributed by atoms with E-state index in [1.165, 1.54) is 62.7 Å². The second-order valence-electron chi connectivity index (χ2n) is 10.3. The molecule has 0 spiro atoms. The highest BCUT2D eigenvalue weighted by atomic mass is 15.1. The van der Waals surface area contributed by atoms with Crippen LogP contribution >= 0.6 is 0 Å².